The molecule has 25 heavy (non-hydrogen) atoms. The predicted octanol–water partition coefficient (Wildman–Crippen LogP) is 2.62. The van der Waals surface area contributed by atoms with Crippen LogP contribution in [0.15, 0.2) is 34.2 Å². The van der Waals surface area contributed by atoms with Crippen LogP contribution < -0.4 is 15.4 Å². The lowest BCUT2D eigenvalue weighted by atomic mass is 10.1. The Morgan fingerprint density at radius 1 is 1.04 bits per heavy atom. The van der Waals surface area contributed by atoms with Crippen molar-refractivity contribution in [1.29, 1.82) is 0 Å². The SMILES string of the molecule is CCNC(=NCc1ccccc1S(=O)(=O)NC(C)(C)C)NC(C)(C)C. The molecule has 0 aromatic heterocycles. The molecule has 0 bridgehead atoms. The van der Waals surface area contributed by atoms with Crippen LogP contribution >= 0.6 is 0 Å². The molecule has 1 aromatic rings. The molecule has 0 saturated heterocycles. The first-order chi connectivity index (χ1) is 11.3. The van der Waals surface area contributed by atoms with E-state index in [0.29, 0.717) is 11.5 Å². The van der Waals surface area contributed by atoms with Gasteiger partial charge in [-0.3, -0.25) is 0 Å². The molecule has 0 aliphatic heterocycles. The van der Waals surface area contributed by atoms with E-state index in [0.717, 1.165) is 6.54 Å². The number of rotatable bonds is 5. The van der Waals surface area contributed by atoms with Crippen LogP contribution in [0.3, 0.4) is 0 Å². The molecule has 3 N–H and O–H groups in total. The molecule has 1 aromatic carbocycles. The second-order valence-corrected chi connectivity index (χ2v) is 9.68. The summed E-state index contributed by atoms with van der Waals surface area (Å²) in [4.78, 5) is 4.81. The summed E-state index contributed by atoms with van der Waals surface area (Å²) in [6.07, 6.45) is 0. The second kappa shape index (κ2) is 8.19. The van der Waals surface area contributed by atoms with Gasteiger partial charge in [0.1, 0.15) is 0 Å². The second-order valence-electron chi connectivity index (χ2n) is 8.03. The van der Waals surface area contributed by atoms with Gasteiger partial charge >= 0.3 is 0 Å². The lowest BCUT2D eigenvalue weighted by Gasteiger charge is -2.24. The van der Waals surface area contributed by atoms with E-state index in [2.05, 4.69) is 20.3 Å². The maximum atomic E-state index is 12.7. The highest BCUT2D eigenvalue weighted by Gasteiger charge is 2.24. The van der Waals surface area contributed by atoms with Crippen molar-refractivity contribution in [1.82, 2.24) is 15.4 Å². The molecule has 0 heterocycles. The number of aliphatic imine (C=N–C) groups is 1. The minimum absolute atomic E-state index is 0.139. The maximum absolute atomic E-state index is 12.7. The zero-order valence-electron chi connectivity index (χ0n) is 16.4. The minimum Gasteiger partial charge on any atom is -0.357 e. The van der Waals surface area contributed by atoms with Gasteiger partial charge in [-0.15, -0.1) is 0 Å². The number of guanidine groups is 1. The molecule has 6 nitrogen and oxygen atoms in total. The molecule has 0 amide bonds. The van der Waals surface area contributed by atoms with E-state index in [1.807, 2.05) is 54.5 Å². The zero-order valence-corrected chi connectivity index (χ0v) is 17.2. The smallest absolute Gasteiger partial charge is 0.241 e. The van der Waals surface area contributed by atoms with Crippen molar-refractivity contribution in [2.45, 2.75) is 71.0 Å². The van der Waals surface area contributed by atoms with Gasteiger partial charge in [-0.1, -0.05) is 18.2 Å². The average molecular weight is 369 g/mol. The lowest BCUT2D eigenvalue weighted by Crippen LogP contribution is -2.47. The van der Waals surface area contributed by atoms with Gasteiger partial charge in [-0.2, -0.15) is 0 Å². The van der Waals surface area contributed by atoms with Crippen LogP contribution in [-0.4, -0.2) is 32.0 Å². The monoisotopic (exact) mass is 368 g/mol. The summed E-state index contributed by atoms with van der Waals surface area (Å²) in [6.45, 7) is 14.6. The van der Waals surface area contributed by atoms with Crippen molar-refractivity contribution in [2.75, 3.05) is 6.54 Å². The summed E-state index contributed by atoms with van der Waals surface area (Å²) < 4.78 is 28.0. The maximum Gasteiger partial charge on any atom is 0.241 e. The number of sulfonamides is 1. The first-order valence-electron chi connectivity index (χ1n) is 8.52. The largest absolute Gasteiger partial charge is 0.357 e. The van der Waals surface area contributed by atoms with Crippen molar-refractivity contribution >= 4 is 16.0 Å². The molecule has 0 unspecified atom stereocenters. The van der Waals surface area contributed by atoms with Gasteiger partial charge in [0.25, 0.3) is 0 Å². The molecular formula is C18H32N4O2S. The van der Waals surface area contributed by atoms with Gasteiger partial charge in [0.05, 0.1) is 11.4 Å². The number of hydrogen-bond acceptors (Lipinski definition) is 3. The molecular weight excluding hydrogens is 336 g/mol. The van der Waals surface area contributed by atoms with Gasteiger partial charge in [0.15, 0.2) is 5.96 Å². The Bertz CT molecular complexity index is 699. The molecule has 0 spiro atoms. The summed E-state index contributed by atoms with van der Waals surface area (Å²) in [7, 11) is -3.60. The van der Waals surface area contributed by atoms with Gasteiger partial charge in [-0.05, 0) is 60.1 Å². The first kappa shape index (κ1) is 21.4. The van der Waals surface area contributed by atoms with Gasteiger partial charge < -0.3 is 10.6 Å². The fourth-order valence-electron chi connectivity index (χ4n) is 2.18. The Morgan fingerprint density at radius 2 is 1.64 bits per heavy atom. The van der Waals surface area contributed by atoms with Crippen LogP contribution in [0.5, 0.6) is 0 Å². The normalized spacial score (nSPS) is 13.6. The van der Waals surface area contributed by atoms with Crippen LogP contribution in [0.25, 0.3) is 0 Å². The Balaban J connectivity index is 3.13. The van der Waals surface area contributed by atoms with E-state index >= 15 is 0 Å². The fraction of sp³-hybridized carbons (Fsp3) is 0.611. The molecule has 0 atom stereocenters. The summed E-state index contributed by atoms with van der Waals surface area (Å²) >= 11 is 0. The van der Waals surface area contributed by atoms with E-state index in [1.165, 1.54) is 0 Å². The first-order valence-corrected chi connectivity index (χ1v) is 10.0. The quantitative estimate of drug-likeness (QED) is 0.551. The highest BCUT2D eigenvalue weighted by atomic mass is 32.2. The minimum atomic E-state index is -3.60. The zero-order chi connectivity index (χ0) is 19.3. The summed E-state index contributed by atoms with van der Waals surface area (Å²) in [5.74, 6) is 0.658. The van der Waals surface area contributed by atoms with Crippen LogP contribution in [0.4, 0.5) is 0 Å². The molecule has 1 rings (SSSR count). The Kier molecular flexibility index (Phi) is 7.02. The predicted molar refractivity (Wildman–Crippen MR) is 104 cm³/mol. The van der Waals surface area contributed by atoms with Gasteiger partial charge in [0, 0.05) is 17.6 Å². The summed E-state index contributed by atoms with van der Waals surface area (Å²) in [6, 6.07) is 6.96. The van der Waals surface area contributed by atoms with E-state index in [-0.39, 0.29) is 17.0 Å². The van der Waals surface area contributed by atoms with Crippen molar-refractivity contribution in [2.24, 2.45) is 4.99 Å². The summed E-state index contributed by atoms with van der Waals surface area (Å²) in [5, 5.41) is 6.48. The van der Waals surface area contributed by atoms with Crippen LogP contribution in [0, 0.1) is 0 Å². The third-order valence-corrected chi connectivity index (χ3v) is 4.81. The van der Waals surface area contributed by atoms with Gasteiger partial charge in [0.2, 0.25) is 10.0 Å². The average Bonchev–Trinajstić information content (AvgIpc) is 2.41. The van der Waals surface area contributed by atoms with Crippen LogP contribution in [0.1, 0.15) is 54.0 Å². The topological polar surface area (TPSA) is 82.6 Å². The molecule has 0 radical (unpaired) electrons. The molecule has 0 aliphatic rings. The van der Waals surface area contributed by atoms with E-state index in [1.54, 1.807) is 18.2 Å². The van der Waals surface area contributed by atoms with E-state index < -0.39 is 15.6 Å². The molecule has 0 saturated carbocycles. The van der Waals surface area contributed by atoms with E-state index in [4.69, 9.17) is 0 Å². The molecule has 0 fully saturated rings. The molecule has 7 heteroatoms. The summed E-state index contributed by atoms with van der Waals surface area (Å²) in [5.41, 5.74) is -0.0245. The number of nitrogens with one attached hydrogen (secondary N) is 3. The van der Waals surface area contributed by atoms with Gasteiger partial charge in [-0.25, -0.2) is 18.1 Å². The Morgan fingerprint density at radius 3 is 2.16 bits per heavy atom. The molecule has 142 valence electrons. The van der Waals surface area contributed by atoms with Crippen molar-refractivity contribution in [3.8, 4) is 0 Å². The standard InChI is InChI=1S/C18H32N4O2S/c1-8-19-16(21-17(2,3)4)20-13-14-11-9-10-12-15(14)25(23,24)22-18(5,6)7/h9-12,22H,8,13H2,1-7H3,(H2,19,20,21). The highest BCUT2D eigenvalue weighted by Crippen LogP contribution is 2.18. The third kappa shape index (κ3) is 7.88. The highest BCUT2D eigenvalue weighted by molar-refractivity contribution is 7.89. The van der Waals surface area contributed by atoms with Crippen LogP contribution in [0.2, 0.25) is 0 Å². The third-order valence-electron chi connectivity index (χ3n) is 2.95. The number of nitrogens with zero attached hydrogens (tertiary/aromatic N) is 1. The fourth-order valence-corrected chi connectivity index (χ4v) is 3.83. The molecule has 0 aliphatic carbocycles. The van der Waals surface area contributed by atoms with Crippen molar-refractivity contribution in [3.05, 3.63) is 29.8 Å². The van der Waals surface area contributed by atoms with Crippen molar-refractivity contribution < 1.29 is 8.42 Å². The number of hydrogen-bond donors (Lipinski definition) is 3. The Hall–Kier alpha value is -1.60. The van der Waals surface area contributed by atoms with Crippen LogP contribution in [-0.2, 0) is 16.6 Å². The lowest BCUT2D eigenvalue weighted by molar-refractivity contribution is 0.490. The Labute approximate surface area is 152 Å². The van der Waals surface area contributed by atoms with Crippen molar-refractivity contribution in [3.63, 3.8) is 0 Å². The number of benzene rings is 1. The van der Waals surface area contributed by atoms with E-state index in [9.17, 15) is 8.42 Å².